The Morgan fingerprint density at radius 2 is 2.00 bits per heavy atom. The Bertz CT molecular complexity index is 840. The van der Waals surface area contributed by atoms with Gasteiger partial charge in [0.25, 0.3) is 5.56 Å². The topological polar surface area (TPSA) is 34.5 Å². The van der Waals surface area contributed by atoms with Crippen molar-refractivity contribution in [3.63, 3.8) is 0 Å². The molecule has 4 nitrogen and oxygen atoms in total. The second kappa shape index (κ2) is 6.89. The molecular formula is C21H24N2O2. The number of methoxy groups -OCH3 is 1. The zero-order valence-corrected chi connectivity index (χ0v) is 14.6. The maximum Gasteiger partial charge on any atom is 0.250 e. The summed E-state index contributed by atoms with van der Waals surface area (Å²) < 4.78 is 7.39. The van der Waals surface area contributed by atoms with E-state index in [9.17, 15) is 4.79 Å². The predicted molar refractivity (Wildman–Crippen MR) is 100 cm³/mol. The van der Waals surface area contributed by atoms with Crippen molar-refractivity contribution in [3.05, 3.63) is 70.2 Å². The standard InChI is InChI=1S/C21H24N2O2/c1-25-20-9-3-2-6-17(20)7-5-11-22-13-16-12-18(15-22)19-8-4-10-21(24)23(19)14-16/h2-10,16,18H,11-15H2,1H3/b7-5+/t16-,18+/m0/s1. The molecule has 2 bridgehead atoms. The van der Waals surface area contributed by atoms with Gasteiger partial charge >= 0.3 is 0 Å². The molecule has 0 amide bonds. The first-order valence-corrected chi connectivity index (χ1v) is 8.96. The fourth-order valence-electron chi connectivity index (χ4n) is 4.28. The lowest BCUT2D eigenvalue weighted by molar-refractivity contribution is 0.131. The van der Waals surface area contributed by atoms with Gasteiger partial charge in [0.1, 0.15) is 5.75 Å². The average molecular weight is 336 g/mol. The van der Waals surface area contributed by atoms with E-state index in [1.165, 1.54) is 12.1 Å². The van der Waals surface area contributed by atoms with E-state index in [1.807, 2.05) is 28.8 Å². The Morgan fingerprint density at radius 3 is 2.88 bits per heavy atom. The highest BCUT2D eigenvalue weighted by atomic mass is 16.5. The molecule has 0 N–H and O–H groups in total. The summed E-state index contributed by atoms with van der Waals surface area (Å²) in [5, 5.41) is 0. The molecule has 0 spiro atoms. The number of para-hydroxylation sites is 1. The number of ether oxygens (including phenoxy) is 1. The van der Waals surface area contributed by atoms with Crippen LogP contribution in [0.3, 0.4) is 0 Å². The van der Waals surface area contributed by atoms with Gasteiger partial charge in [0.15, 0.2) is 0 Å². The number of rotatable bonds is 4. The number of piperidine rings is 1. The predicted octanol–water partition coefficient (Wildman–Crippen LogP) is 2.99. The van der Waals surface area contributed by atoms with Crippen LogP contribution in [-0.2, 0) is 6.54 Å². The van der Waals surface area contributed by atoms with E-state index >= 15 is 0 Å². The number of hydrogen-bond acceptors (Lipinski definition) is 3. The maximum atomic E-state index is 12.1. The summed E-state index contributed by atoms with van der Waals surface area (Å²) in [5.74, 6) is 1.95. The molecule has 2 aromatic rings. The van der Waals surface area contributed by atoms with Crippen molar-refractivity contribution in [2.24, 2.45) is 5.92 Å². The minimum Gasteiger partial charge on any atom is -0.496 e. The molecule has 130 valence electrons. The third kappa shape index (κ3) is 3.27. The highest BCUT2D eigenvalue weighted by Crippen LogP contribution is 2.34. The van der Waals surface area contributed by atoms with Crippen molar-refractivity contribution in [2.45, 2.75) is 18.9 Å². The quantitative estimate of drug-likeness (QED) is 0.861. The Kier molecular flexibility index (Phi) is 4.45. The third-order valence-corrected chi connectivity index (χ3v) is 5.36. The average Bonchev–Trinajstić information content (AvgIpc) is 2.63. The summed E-state index contributed by atoms with van der Waals surface area (Å²) in [7, 11) is 1.71. The van der Waals surface area contributed by atoms with Gasteiger partial charge in [0.05, 0.1) is 7.11 Å². The van der Waals surface area contributed by atoms with Crippen LogP contribution in [0.15, 0.2) is 53.3 Å². The third-order valence-electron chi connectivity index (χ3n) is 5.36. The number of benzene rings is 1. The molecule has 1 aromatic carbocycles. The zero-order chi connectivity index (χ0) is 17.2. The van der Waals surface area contributed by atoms with Crippen LogP contribution >= 0.6 is 0 Å². The molecule has 25 heavy (non-hydrogen) atoms. The summed E-state index contributed by atoms with van der Waals surface area (Å²) in [5.41, 5.74) is 2.47. The number of hydrogen-bond donors (Lipinski definition) is 0. The number of pyridine rings is 1. The number of fused-ring (bicyclic) bond motifs is 4. The van der Waals surface area contributed by atoms with E-state index < -0.39 is 0 Å². The van der Waals surface area contributed by atoms with Crippen LogP contribution in [0.1, 0.15) is 23.6 Å². The highest BCUT2D eigenvalue weighted by molar-refractivity contribution is 5.57. The van der Waals surface area contributed by atoms with E-state index in [0.29, 0.717) is 11.8 Å². The molecule has 3 heterocycles. The van der Waals surface area contributed by atoms with E-state index in [0.717, 1.165) is 37.5 Å². The molecule has 2 aliphatic rings. The Hall–Kier alpha value is -2.33. The van der Waals surface area contributed by atoms with Gasteiger partial charge < -0.3 is 9.30 Å². The van der Waals surface area contributed by atoms with Crippen molar-refractivity contribution in [2.75, 3.05) is 26.7 Å². The zero-order valence-electron chi connectivity index (χ0n) is 14.6. The van der Waals surface area contributed by atoms with Crippen LogP contribution in [0, 0.1) is 5.92 Å². The molecule has 4 rings (SSSR count). The lowest BCUT2D eigenvalue weighted by Crippen LogP contribution is -2.46. The number of likely N-dealkylation sites (tertiary alicyclic amines) is 1. The first-order valence-electron chi connectivity index (χ1n) is 8.96. The summed E-state index contributed by atoms with van der Waals surface area (Å²) in [6.45, 7) is 3.88. The molecular weight excluding hydrogens is 312 g/mol. The van der Waals surface area contributed by atoms with Gasteiger partial charge in [-0.1, -0.05) is 36.4 Å². The summed E-state index contributed by atoms with van der Waals surface area (Å²) in [6, 6.07) is 13.8. The first-order chi connectivity index (χ1) is 12.2. The summed E-state index contributed by atoms with van der Waals surface area (Å²) in [4.78, 5) is 14.6. The molecule has 0 saturated carbocycles. The van der Waals surface area contributed by atoms with Crippen molar-refractivity contribution in [3.8, 4) is 5.75 Å². The van der Waals surface area contributed by atoms with Crippen molar-refractivity contribution < 1.29 is 4.74 Å². The molecule has 0 radical (unpaired) electrons. The number of nitrogens with zero attached hydrogens (tertiary/aromatic N) is 2. The van der Waals surface area contributed by atoms with E-state index in [4.69, 9.17) is 4.74 Å². The Labute approximate surface area is 148 Å². The minimum absolute atomic E-state index is 0.150. The monoisotopic (exact) mass is 336 g/mol. The van der Waals surface area contributed by atoms with Crippen molar-refractivity contribution in [1.29, 1.82) is 0 Å². The fraction of sp³-hybridized carbons (Fsp3) is 0.381. The molecule has 2 aliphatic heterocycles. The largest absolute Gasteiger partial charge is 0.496 e. The molecule has 0 unspecified atom stereocenters. The van der Waals surface area contributed by atoms with Crippen LogP contribution < -0.4 is 10.3 Å². The Balaban J connectivity index is 1.46. The van der Waals surface area contributed by atoms with Crippen molar-refractivity contribution >= 4 is 6.08 Å². The van der Waals surface area contributed by atoms with Gasteiger partial charge in [-0.05, 0) is 24.5 Å². The smallest absolute Gasteiger partial charge is 0.250 e. The van der Waals surface area contributed by atoms with Crippen LogP contribution in [0.25, 0.3) is 6.08 Å². The van der Waals surface area contributed by atoms with Crippen LogP contribution in [0.4, 0.5) is 0 Å². The van der Waals surface area contributed by atoms with Gasteiger partial charge in [0, 0.05) is 49.4 Å². The van der Waals surface area contributed by atoms with E-state index in [-0.39, 0.29) is 5.56 Å². The highest BCUT2D eigenvalue weighted by Gasteiger charge is 2.33. The number of aromatic nitrogens is 1. The molecule has 1 aromatic heterocycles. The van der Waals surface area contributed by atoms with Crippen LogP contribution in [0.5, 0.6) is 5.75 Å². The fourth-order valence-corrected chi connectivity index (χ4v) is 4.28. The van der Waals surface area contributed by atoms with Crippen LogP contribution in [0.2, 0.25) is 0 Å². The van der Waals surface area contributed by atoms with Gasteiger partial charge in [-0.25, -0.2) is 0 Å². The maximum absolute atomic E-state index is 12.1. The molecule has 0 aliphatic carbocycles. The van der Waals surface area contributed by atoms with Crippen LogP contribution in [-0.4, -0.2) is 36.2 Å². The van der Waals surface area contributed by atoms with Gasteiger partial charge in [-0.2, -0.15) is 0 Å². The SMILES string of the molecule is COc1ccccc1/C=C/CN1C[C@@H]2C[C@H](C1)c1cccc(=O)n1C2. The van der Waals surface area contributed by atoms with E-state index in [2.05, 4.69) is 29.2 Å². The second-order valence-electron chi connectivity index (χ2n) is 7.06. The summed E-state index contributed by atoms with van der Waals surface area (Å²) in [6.07, 6.45) is 5.56. The molecule has 2 atom stereocenters. The lowest BCUT2D eigenvalue weighted by Gasteiger charge is -2.42. The Morgan fingerprint density at radius 1 is 1.12 bits per heavy atom. The van der Waals surface area contributed by atoms with Gasteiger partial charge in [-0.15, -0.1) is 0 Å². The van der Waals surface area contributed by atoms with Crippen molar-refractivity contribution in [1.82, 2.24) is 9.47 Å². The summed E-state index contributed by atoms with van der Waals surface area (Å²) >= 11 is 0. The van der Waals surface area contributed by atoms with Gasteiger partial charge in [-0.3, -0.25) is 9.69 Å². The normalized spacial score (nSPS) is 22.8. The van der Waals surface area contributed by atoms with E-state index in [1.54, 1.807) is 13.2 Å². The molecule has 4 heteroatoms. The second-order valence-corrected chi connectivity index (χ2v) is 7.06. The molecule has 1 fully saturated rings. The minimum atomic E-state index is 0.150. The lowest BCUT2D eigenvalue weighted by atomic mass is 9.83. The van der Waals surface area contributed by atoms with Gasteiger partial charge in [0.2, 0.25) is 0 Å². The first kappa shape index (κ1) is 16.2. The molecule has 1 saturated heterocycles.